The highest BCUT2D eigenvalue weighted by Crippen LogP contribution is 2.22. The van der Waals surface area contributed by atoms with E-state index in [9.17, 15) is 4.79 Å². The fourth-order valence-corrected chi connectivity index (χ4v) is 3.48. The summed E-state index contributed by atoms with van der Waals surface area (Å²) >= 11 is 7.41. The molecule has 2 N–H and O–H groups in total. The smallest absolute Gasteiger partial charge is 0.220 e. The van der Waals surface area contributed by atoms with E-state index >= 15 is 0 Å². The van der Waals surface area contributed by atoms with Crippen molar-refractivity contribution in [2.75, 3.05) is 19.6 Å². The van der Waals surface area contributed by atoms with Crippen LogP contribution in [0.3, 0.4) is 0 Å². The third-order valence-electron chi connectivity index (χ3n) is 3.50. The molecule has 2 rings (SSSR count). The van der Waals surface area contributed by atoms with Crippen LogP contribution < -0.4 is 10.6 Å². The second-order valence-corrected chi connectivity index (χ2v) is 6.86. The number of piperidine rings is 1. The van der Waals surface area contributed by atoms with Crippen molar-refractivity contribution in [2.24, 2.45) is 5.92 Å². The van der Waals surface area contributed by atoms with Crippen molar-refractivity contribution < 1.29 is 4.79 Å². The van der Waals surface area contributed by atoms with Crippen molar-refractivity contribution in [3.8, 4) is 0 Å². The number of hydrogen-bond acceptors (Lipinski definition) is 3. The van der Waals surface area contributed by atoms with Crippen molar-refractivity contribution >= 4 is 41.3 Å². The van der Waals surface area contributed by atoms with Gasteiger partial charge in [0.2, 0.25) is 5.91 Å². The van der Waals surface area contributed by atoms with Crippen LogP contribution in [-0.2, 0) is 11.2 Å². The van der Waals surface area contributed by atoms with Gasteiger partial charge in [-0.15, -0.1) is 23.7 Å². The van der Waals surface area contributed by atoms with Crippen LogP contribution in [0.15, 0.2) is 12.1 Å². The minimum Gasteiger partial charge on any atom is -0.356 e. The average molecular weight is 337 g/mol. The molecule has 1 aliphatic heterocycles. The Balaban J connectivity index is 0.00000200. The molecule has 1 saturated heterocycles. The first kappa shape index (κ1) is 17.8. The van der Waals surface area contributed by atoms with Gasteiger partial charge in [0.05, 0.1) is 4.34 Å². The number of halogens is 2. The maximum absolute atomic E-state index is 11.7. The number of hydrogen-bond donors (Lipinski definition) is 2. The molecular formula is C14H22Cl2N2OS. The molecule has 1 unspecified atom stereocenters. The molecule has 1 atom stereocenters. The van der Waals surface area contributed by atoms with Crippen LogP contribution in [0.25, 0.3) is 0 Å². The molecule has 0 radical (unpaired) electrons. The molecule has 1 aliphatic rings. The molecule has 1 aromatic rings. The lowest BCUT2D eigenvalue weighted by Crippen LogP contribution is -2.33. The second-order valence-electron chi connectivity index (χ2n) is 5.06. The van der Waals surface area contributed by atoms with Gasteiger partial charge < -0.3 is 10.6 Å². The third kappa shape index (κ3) is 6.44. The first-order valence-corrected chi connectivity index (χ1v) is 8.15. The fourth-order valence-electron chi connectivity index (χ4n) is 2.40. The molecule has 1 fully saturated rings. The van der Waals surface area contributed by atoms with Gasteiger partial charge >= 0.3 is 0 Å². The van der Waals surface area contributed by atoms with Gasteiger partial charge in [-0.2, -0.15) is 0 Å². The standard InChI is InChI=1S/C14H21ClN2OS.ClH/c15-13-5-3-12(19-13)4-6-14(18)17-9-7-11-2-1-8-16-10-11;/h3,5,11,16H,1-2,4,6-10H2,(H,17,18);1H. The Morgan fingerprint density at radius 1 is 1.50 bits per heavy atom. The monoisotopic (exact) mass is 336 g/mol. The molecule has 2 heterocycles. The van der Waals surface area contributed by atoms with Gasteiger partial charge in [-0.1, -0.05) is 11.6 Å². The van der Waals surface area contributed by atoms with Crippen molar-refractivity contribution in [1.29, 1.82) is 0 Å². The van der Waals surface area contributed by atoms with E-state index in [1.165, 1.54) is 17.7 Å². The van der Waals surface area contributed by atoms with E-state index in [4.69, 9.17) is 11.6 Å². The van der Waals surface area contributed by atoms with Crippen LogP contribution in [0.2, 0.25) is 4.34 Å². The SMILES string of the molecule is Cl.O=C(CCc1ccc(Cl)s1)NCCC1CCCNC1. The van der Waals surface area contributed by atoms with Gasteiger partial charge in [0.1, 0.15) is 0 Å². The largest absolute Gasteiger partial charge is 0.356 e. The maximum Gasteiger partial charge on any atom is 0.220 e. The summed E-state index contributed by atoms with van der Waals surface area (Å²) in [5.41, 5.74) is 0. The molecule has 114 valence electrons. The Kier molecular flexibility index (Phi) is 8.53. The first-order valence-electron chi connectivity index (χ1n) is 6.95. The summed E-state index contributed by atoms with van der Waals surface area (Å²) in [4.78, 5) is 12.9. The number of amides is 1. The highest BCUT2D eigenvalue weighted by atomic mass is 35.5. The molecule has 0 spiro atoms. The van der Waals surface area contributed by atoms with E-state index in [2.05, 4.69) is 10.6 Å². The predicted octanol–water partition coefficient (Wildman–Crippen LogP) is 3.26. The van der Waals surface area contributed by atoms with Crippen LogP contribution in [0.5, 0.6) is 0 Å². The van der Waals surface area contributed by atoms with Crippen LogP contribution in [0.4, 0.5) is 0 Å². The molecule has 0 aromatic carbocycles. The lowest BCUT2D eigenvalue weighted by atomic mass is 9.96. The minimum absolute atomic E-state index is 0. The van der Waals surface area contributed by atoms with Gasteiger partial charge in [0.15, 0.2) is 0 Å². The van der Waals surface area contributed by atoms with E-state index < -0.39 is 0 Å². The van der Waals surface area contributed by atoms with Crippen molar-refractivity contribution in [1.82, 2.24) is 10.6 Å². The molecule has 0 aliphatic carbocycles. The summed E-state index contributed by atoms with van der Waals surface area (Å²) in [6, 6.07) is 3.88. The van der Waals surface area contributed by atoms with Crippen LogP contribution in [0.1, 0.15) is 30.6 Å². The summed E-state index contributed by atoms with van der Waals surface area (Å²) in [7, 11) is 0. The number of nitrogens with one attached hydrogen (secondary N) is 2. The number of rotatable bonds is 6. The van der Waals surface area contributed by atoms with E-state index in [-0.39, 0.29) is 18.3 Å². The molecule has 1 aromatic heterocycles. The van der Waals surface area contributed by atoms with Crippen molar-refractivity contribution in [3.63, 3.8) is 0 Å². The highest BCUT2D eigenvalue weighted by molar-refractivity contribution is 7.16. The molecule has 0 saturated carbocycles. The van der Waals surface area contributed by atoms with Crippen LogP contribution in [0, 0.1) is 5.92 Å². The lowest BCUT2D eigenvalue weighted by molar-refractivity contribution is -0.121. The van der Waals surface area contributed by atoms with Crippen molar-refractivity contribution in [3.05, 3.63) is 21.3 Å². The fraction of sp³-hybridized carbons (Fsp3) is 0.643. The van der Waals surface area contributed by atoms with Gasteiger partial charge in [-0.05, 0) is 56.8 Å². The Morgan fingerprint density at radius 2 is 2.35 bits per heavy atom. The molecule has 3 nitrogen and oxygen atoms in total. The number of thiophene rings is 1. The summed E-state index contributed by atoms with van der Waals surface area (Å²) < 4.78 is 0.792. The van der Waals surface area contributed by atoms with Gasteiger partial charge in [0, 0.05) is 17.8 Å². The Morgan fingerprint density at radius 3 is 3.00 bits per heavy atom. The molecule has 6 heteroatoms. The summed E-state index contributed by atoms with van der Waals surface area (Å²) in [6.45, 7) is 3.05. The second kappa shape index (κ2) is 9.61. The molecule has 1 amide bonds. The minimum atomic E-state index is 0. The average Bonchev–Trinajstić information content (AvgIpc) is 2.83. The van der Waals surface area contributed by atoms with E-state index in [1.807, 2.05) is 12.1 Å². The third-order valence-corrected chi connectivity index (χ3v) is 4.79. The lowest BCUT2D eigenvalue weighted by Gasteiger charge is -2.22. The van der Waals surface area contributed by atoms with Gasteiger partial charge in [0.25, 0.3) is 0 Å². The topological polar surface area (TPSA) is 41.1 Å². The van der Waals surface area contributed by atoms with Gasteiger partial charge in [-0.25, -0.2) is 0 Å². The summed E-state index contributed by atoms with van der Waals surface area (Å²) in [5, 5.41) is 6.41. The zero-order chi connectivity index (χ0) is 13.5. The number of carbonyl (C=O) groups is 1. The molecule has 20 heavy (non-hydrogen) atoms. The van der Waals surface area contributed by atoms with Gasteiger partial charge in [-0.3, -0.25) is 4.79 Å². The summed E-state index contributed by atoms with van der Waals surface area (Å²) in [6.07, 6.45) is 4.98. The quantitative estimate of drug-likeness (QED) is 0.837. The highest BCUT2D eigenvalue weighted by Gasteiger charge is 2.12. The normalized spacial score (nSPS) is 18.4. The predicted molar refractivity (Wildman–Crippen MR) is 88.1 cm³/mol. The first-order chi connectivity index (χ1) is 9.24. The summed E-state index contributed by atoms with van der Waals surface area (Å²) in [5.74, 6) is 0.874. The maximum atomic E-state index is 11.7. The zero-order valence-electron chi connectivity index (χ0n) is 11.5. The Hall–Kier alpha value is -0.290. The number of carbonyl (C=O) groups excluding carboxylic acids is 1. The zero-order valence-corrected chi connectivity index (χ0v) is 13.9. The molecular weight excluding hydrogens is 315 g/mol. The Bertz CT molecular complexity index is 406. The molecule has 0 bridgehead atoms. The van der Waals surface area contributed by atoms with Crippen LogP contribution >= 0.6 is 35.3 Å². The van der Waals surface area contributed by atoms with Crippen molar-refractivity contribution in [2.45, 2.75) is 32.1 Å². The number of aryl methyl sites for hydroxylation is 1. The Labute approximate surface area is 135 Å². The van der Waals surface area contributed by atoms with E-state index in [1.54, 1.807) is 11.3 Å². The van der Waals surface area contributed by atoms with E-state index in [0.29, 0.717) is 6.42 Å². The van der Waals surface area contributed by atoms with Crippen LogP contribution in [-0.4, -0.2) is 25.5 Å². The van der Waals surface area contributed by atoms with E-state index in [0.717, 1.165) is 42.7 Å².